The van der Waals surface area contributed by atoms with Crippen LogP contribution in [0.5, 0.6) is 0 Å². The molecule has 0 atom stereocenters. The third-order valence-corrected chi connectivity index (χ3v) is 3.38. The summed E-state index contributed by atoms with van der Waals surface area (Å²) in [6.07, 6.45) is 1.65. The van der Waals surface area contributed by atoms with Crippen LogP contribution in [0.25, 0.3) is 0 Å². The maximum Gasteiger partial charge on any atom is 0.376 e. The summed E-state index contributed by atoms with van der Waals surface area (Å²) in [6.45, 7) is 5.14. The maximum absolute atomic E-state index is 12.0. The Bertz CT molecular complexity index is 290. The number of nitrogens with one attached hydrogen (secondary N) is 1. The third-order valence-electron chi connectivity index (χ3n) is 1.57. The Morgan fingerprint density at radius 3 is 2.07 bits per heavy atom. The number of carbonyl (C=O) groups excluding carboxylic acids is 1. The Labute approximate surface area is 90.4 Å². The van der Waals surface area contributed by atoms with Gasteiger partial charge in [0.15, 0.2) is 0 Å². The van der Waals surface area contributed by atoms with Crippen LogP contribution in [0, 0.1) is 5.92 Å². The molecule has 0 aromatic carbocycles. The Kier molecular flexibility index (Phi) is 5.80. The van der Waals surface area contributed by atoms with Gasteiger partial charge in [-0.05, 0) is 12.0 Å². The number of amides is 1. The van der Waals surface area contributed by atoms with E-state index in [1.54, 1.807) is 6.08 Å². The van der Waals surface area contributed by atoms with Crippen molar-refractivity contribution < 1.29 is 18.4 Å². The SMILES string of the molecule is COP(=O)(OC)/C(=C\C(C)C)NC(C)=O. The van der Waals surface area contributed by atoms with E-state index in [0.29, 0.717) is 0 Å². The van der Waals surface area contributed by atoms with Crippen molar-refractivity contribution in [3.05, 3.63) is 11.5 Å². The fourth-order valence-electron chi connectivity index (χ4n) is 0.969. The van der Waals surface area contributed by atoms with Gasteiger partial charge in [-0.3, -0.25) is 9.36 Å². The minimum Gasteiger partial charge on any atom is -0.320 e. The van der Waals surface area contributed by atoms with Crippen molar-refractivity contribution in [1.29, 1.82) is 0 Å². The smallest absolute Gasteiger partial charge is 0.320 e. The summed E-state index contributed by atoms with van der Waals surface area (Å²) >= 11 is 0. The maximum atomic E-state index is 12.0. The van der Waals surface area contributed by atoms with Gasteiger partial charge >= 0.3 is 7.60 Å². The Balaban J connectivity index is 5.09. The number of rotatable bonds is 5. The van der Waals surface area contributed by atoms with Gasteiger partial charge in [0.05, 0.1) is 0 Å². The Hall–Kier alpha value is -0.640. The number of hydrogen-bond donors (Lipinski definition) is 1. The summed E-state index contributed by atoms with van der Waals surface area (Å²) in [5, 5.41) is 2.46. The Morgan fingerprint density at radius 2 is 1.80 bits per heavy atom. The second-order valence-electron chi connectivity index (χ2n) is 3.34. The molecule has 88 valence electrons. The van der Waals surface area contributed by atoms with Crippen LogP contribution in [-0.2, 0) is 18.4 Å². The monoisotopic (exact) mass is 235 g/mol. The van der Waals surface area contributed by atoms with Gasteiger partial charge in [-0.2, -0.15) is 0 Å². The van der Waals surface area contributed by atoms with Crippen LogP contribution in [0.15, 0.2) is 11.5 Å². The fraction of sp³-hybridized carbons (Fsp3) is 0.667. The molecule has 1 amide bonds. The zero-order valence-corrected chi connectivity index (χ0v) is 10.6. The average Bonchev–Trinajstić information content (AvgIpc) is 2.14. The molecule has 0 fully saturated rings. The highest BCUT2D eigenvalue weighted by molar-refractivity contribution is 7.58. The van der Waals surface area contributed by atoms with Crippen LogP contribution in [0.3, 0.4) is 0 Å². The summed E-state index contributed by atoms with van der Waals surface area (Å²) in [4.78, 5) is 10.9. The summed E-state index contributed by atoms with van der Waals surface area (Å²) in [5.41, 5.74) is 0.190. The highest BCUT2D eigenvalue weighted by atomic mass is 31.2. The van der Waals surface area contributed by atoms with Gasteiger partial charge in [-0.15, -0.1) is 0 Å². The van der Waals surface area contributed by atoms with E-state index in [1.165, 1.54) is 21.1 Å². The van der Waals surface area contributed by atoms with Gasteiger partial charge in [-0.1, -0.05) is 13.8 Å². The van der Waals surface area contributed by atoms with E-state index in [-0.39, 0.29) is 17.3 Å². The predicted molar refractivity (Wildman–Crippen MR) is 58.4 cm³/mol. The van der Waals surface area contributed by atoms with E-state index < -0.39 is 7.60 Å². The second-order valence-corrected chi connectivity index (χ2v) is 5.55. The van der Waals surface area contributed by atoms with Crippen LogP contribution in [-0.4, -0.2) is 20.1 Å². The van der Waals surface area contributed by atoms with E-state index in [4.69, 9.17) is 9.05 Å². The number of carbonyl (C=O) groups is 1. The molecule has 0 bridgehead atoms. The summed E-state index contributed by atoms with van der Waals surface area (Å²) in [7, 11) is -0.814. The van der Waals surface area contributed by atoms with Crippen LogP contribution >= 0.6 is 7.60 Å². The molecule has 0 spiro atoms. The number of allylic oxidation sites excluding steroid dienone is 1. The van der Waals surface area contributed by atoms with Crippen molar-refractivity contribution in [2.45, 2.75) is 20.8 Å². The molecule has 0 rings (SSSR count). The van der Waals surface area contributed by atoms with E-state index in [1.807, 2.05) is 13.8 Å². The second kappa shape index (κ2) is 6.05. The minimum atomic E-state index is -3.37. The van der Waals surface area contributed by atoms with Crippen molar-refractivity contribution in [3.8, 4) is 0 Å². The first-order chi connectivity index (χ1) is 6.85. The Morgan fingerprint density at radius 1 is 1.33 bits per heavy atom. The van der Waals surface area contributed by atoms with E-state index in [2.05, 4.69) is 5.32 Å². The van der Waals surface area contributed by atoms with Crippen molar-refractivity contribution in [3.63, 3.8) is 0 Å². The highest BCUT2D eigenvalue weighted by Gasteiger charge is 2.28. The van der Waals surface area contributed by atoms with Crippen LogP contribution in [0.4, 0.5) is 0 Å². The van der Waals surface area contributed by atoms with Crippen LogP contribution in [0.1, 0.15) is 20.8 Å². The molecule has 0 aliphatic heterocycles. The zero-order chi connectivity index (χ0) is 12.1. The molecule has 0 unspecified atom stereocenters. The molecular formula is C9H18NO4P. The standard InChI is InChI=1S/C9H18NO4P/c1-7(2)6-9(10-8(3)11)15(12,13-4)14-5/h6-7H,1-5H3,(H,10,11)/b9-6-. The number of hydrogen-bond acceptors (Lipinski definition) is 4. The predicted octanol–water partition coefficient (Wildman–Crippen LogP) is 2.11. The normalized spacial score (nSPS) is 13.1. The summed E-state index contributed by atoms with van der Waals surface area (Å²) < 4.78 is 21.6. The van der Waals surface area contributed by atoms with Crippen molar-refractivity contribution >= 4 is 13.5 Å². The minimum absolute atomic E-state index is 0.130. The first kappa shape index (κ1) is 14.4. The zero-order valence-electron chi connectivity index (χ0n) is 9.73. The topological polar surface area (TPSA) is 64.6 Å². The lowest BCUT2D eigenvalue weighted by atomic mass is 10.2. The van der Waals surface area contributed by atoms with Gasteiger partial charge in [0.1, 0.15) is 5.44 Å². The van der Waals surface area contributed by atoms with Crippen LogP contribution < -0.4 is 5.32 Å². The van der Waals surface area contributed by atoms with Gasteiger partial charge < -0.3 is 14.4 Å². The molecule has 0 aromatic heterocycles. The van der Waals surface area contributed by atoms with E-state index >= 15 is 0 Å². The molecule has 15 heavy (non-hydrogen) atoms. The first-order valence-corrected chi connectivity index (χ1v) is 6.11. The summed E-state index contributed by atoms with van der Waals surface area (Å²) in [6, 6.07) is 0. The fourth-order valence-corrected chi connectivity index (χ4v) is 2.29. The molecule has 0 aliphatic carbocycles. The average molecular weight is 235 g/mol. The molecule has 1 N–H and O–H groups in total. The highest BCUT2D eigenvalue weighted by Crippen LogP contribution is 2.53. The summed E-state index contributed by atoms with van der Waals surface area (Å²) in [5.74, 6) is -0.179. The van der Waals surface area contributed by atoms with E-state index in [9.17, 15) is 9.36 Å². The lowest BCUT2D eigenvalue weighted by Gasteiger charge is -2.18. The van der Waals surface area contributed by atoms with Gasteiger partial charge in [0, 0.05) is 21.1 Å². The molecule has 0 aliphatic rings. The van der Waals surface area contributed by atoms with Crippen molar-refractivity contribution in [1.82, 2.24) is 5.32 Å². The van der Waals surface area contributed by atoms with Crippen molar-refractivity contribution in [2.24, 2.45) is 5.92 Å². The molecule has 6 heteroatoms. The lowest BCUT2D eigenvalue weighted by molar-refractivity contribution is -0.118. The largest absolute Gasteiger partial charge is 0.376 e. The molecule has 0 aromatic rings. The molecule has 0 heterocycles. The van der Waals surface area contributed by atoms with Gasteiger partial charge in [0.2, 0.25) is 5.91 Å². The first-order valence-electron chi connectivity index (χ1n) is 4.57. The molecule has 0 radical (unpaired) electrons. The van der Waals surface area contributed by atoms with Gasteiger partial charge in [-0.25, -0.2) is 0 Å². The molecule has 5 nitrogen and oxygen atoms in total. The quantitative estimate of drug-likeness (QED) is 0.741. The van der Waals surface area contributed by atoms with Gasteiger partial charge in [0.25, 0.3) is 0 Å². The van der Waals surface area contributed by atoms with Crippen molar-refractivity contribution in [2.75, 3.05) is 14.2 Å². The third kappa shape index (κ3) is 4.60. The lowest BCUT2D eigenvalue weighted by Crippen LogP contribution is -2.20. The van der Waals surface area contributed by atoms with Crippen LogP contribution in [0.2, 0.25) is 0 Å². The van der Waals surface area contributed by atoms with E-state index in [0.717, 1.165) is 0 Å². The molecule has 0 saturated carbocycles. The molecule has 0 saturated heterocycles. The molecular weight excluding hydrogens is 217 g/mol.